The van der Waals surface area contributed by atoms with Crippen molar-refractivity contribution in [3.05, 3.63) is 52.3 Å². The first-order chi connectivity index (χ1) is 14.1. The third kappa shape index (κ3) is 4.24. The number of ether oxygens (including phenoxy) is 1. The number of halogens is 3. The highest BCUT2D eigenvalue weighted by molar-refractivity contribution is 6.05. The van der Waals surface area contributed by atoms with Crippen molar-refractivity contribution in [2.75, 3.05) is 16.8 Å². The highest BCUT2D eigenvalue weighted by atomic mass is 19.4. The maximum atomic E-state index is 13.6. The van der Waals surface area contributed by atoms with Crippen molar-refractivity contribution in [3.63, 3.8) is 0 Å². The number of nitrogens with one attached hydrogen (secondary N) is 1. The van der Waals surface area contributed by atoms with E-state index in [4.69, 9.17) is 0 Å². The van der Waals surface area contributed by atoms with Gasteiger partial charge in [-0.25, -0.2) is 4.79 Å². The van der Waals surface area contributed by atoms with E-state index >= 15 is 0 Å². The predicted octanol–water partition coefficient (Wildman–Crippen LogP) is 2.65. The number of furan rings is 1. The minimum absolute atomic E-state index is 0.0180. The van der Waals surface area contributed by atoms with E-state index in [2.05, 4.69) is 14.5 Å². The molecule has 158 valence electrons. The Kier molecular flexibility index (Phi) is 5.45. The van der Waals surface area contributed by atoms with Crippen molar-refractivity contribution in [2.45, 2.75) is 18.6 Å². The molecule has 30 heavy (non-hydrogen) atoms. The lowest BCUT2D eigenvalue weighted by atomic mass is 10.1. The molecule has 1 aliphatic heterocycles. The number of fused-ring (bicyclic) bond motifs is 1. The largest absolute Gasteiger partial charge is 0.450 e. The third-order valence-corrected chi connectivity index (χ3v) is 4.07. The van der Waals surface area contributed by atoms with Crippen LogP contribution < -0.4 is 10.2 Å². The fourth-order valence-corrected chi connectivity index (χ4v) is 2.80. The molecule has 0 spiro atoms. The zero-order valence-electron chi connectivity index (χ0n) is 14.8. The van der Waals surface area contributed by atoms with Crippen LogP contribution in [0.4, 0.5) is 30.4 Å². The summed E-state index contributed by atoms with van der Waals surface area (Å²) in [6, 6.07) is 4.66. The second-order valence-corrected chi connectivity index (χ2v) is 6.06. The van der Waals surface area contributed by atoms with Crippen LogP contribution in [-0.4, -0.2) is 41.5 Å². The summed E-state index contributed by atoms with van der Waals surface area (Å²) in [7, 11) is 0. The fourth-order valence-electron chi connectivity index (χ4n) is 2.80. The number of hydrogen-bond acceptors (Lipinski definition) is 7. The van der Waals surface area contributed by atoms with Gasteiger partial charge in [0.2, 0.25) is 11.7 Å². The number of para-hydroxylation sites is 2. The van der Waals surface area contributed by atoms with Crippen LogP contribution in [-0.2, 0) is 14.3 Å². The molecule has 0 fully saturated rings. The highest BCUT2D eigenvalue weighted by Gasteiger charge is 2.49. The Hall–Kier alpha value is -3.90. The van der Waals surface area contributed by atoms with Crippen LogP contribution in [0.1, 0.15) is 17.0 Å². The molecule has 2 aromatic rings. The van der Waals surface area contributed by atoms with Gasteiger partial charge in [0, 0.05) is 0 Å². The van der Waals surface area contributed by atoms with Gasteiger partial charge in [0.25, 0.3) is 5.91 Å². The number of carbonyl (C=O) groups excluding carboxylic acids is 3. The van der Waals surface area contributed by atoms with Gasteiger partial charge in [0.15, 0.2) is 6.61 Å². The highest BCUT2D eigenvalue weighted by Crippen LogP contribution is 2.37. The van der Waals surface area contributed by atoms with Crippen molar-refractivity contribution in [3.8, 4) is 0 Å². The van der Waals surface area contributed by atoms with Gasteiger partial charge in [-0.3, -0.25) is 24.6 Å². The number of nitrogens with zero attached hydrogens (tertiary/aromatic N) is 2. The summed E-state index contributed by atoms with van der Waals surface area (Å²) in [6.07, 6.45) is -6.00. The first-order valence-electron chi connectivity index (χ1n) is 8.27. The van der Waals surface area contributed by atoms with Crippen LogP contribution in [0.2, 0.25) is 0 Å². The van der Waals surface area contributed by atoms with E-state index in [0.29, 0.717) is 4.90 Å². The van der Waals surface area contributed by atoms with Crippen molar-refractivity contribution in [1.82, 2.24) is 0 Å². The molecule has 0 aliphatic carbocycles. The lowest BCUT2D eigenvalue weighted by molar-refractivity contribution is -0.402. The maximum Gasteiger partial charge on any atom is 0.433 e. The van der Waals surface area contributed by atoms with E-state index in [1.54, 1.807) is 0 Å². The maximum absolute atomic E-state index is 13.6. The van der Waals surface area contributed by atoms with E-state index < -0.39 is 59.6 Å². The number of carbonyl (C=O) groups is 3. The Labute approximate surface area is 165 Å². The summed E-state index contributed by atoms with van der Waals surface area (Å²) < 4.78 is 50.0. The summed E-state index contributed by atoms with van der Waals surface area (Å²) in [5, 5.41) is 12.9. The van der Waals surface area contributed by atoms with Gasteiger partial charge in [-0.1, -0.05) is 12.1 Å². The van der Waals surface area contributed by atoms with E-state index in [9.17, 15) is 37.7 Å². The molecule has 1 N–H and O–H groups in total. The molecule has 3 rings (SSSR count). The number of benzene rings is 1. The van der Waals surface area contributed by atoms with Crippen molar-refractivity contribution >= 4 is 35.0 Å². The average molecular weight is 427 g/mol. The monoisotopic (exact) mass is 427 g/mol. The van der Waals surface area contributed by atoms with E-state index in [1.165, 1.54) is 24.3 Å². The second-order valence-electron chi connectivity index (χ2n) is 6.06. The Morgan fingerprint density at radius 1 is 1.27 bits per heavy atom. The van der Waals surface area contributed by atoms with Crippen LogP contribution in [0.5, 0.6) is 0 Å². The van der Waals surface area contributed by atoms with Crippen molar-refractivity contribution in [2.24, 2.45) is 0 Å². The number of amides is 2. The van der Waals surface area contributed by atoms with Crippen LogP contribution in [0.25, 0.3) is 0 Å². The Bertz CT molecular complexity index is 1020. The van der Waals surface area contributed by atoms with E-state index in [0.717, 1.165) is 12.1 Å². The molecule has 1 aromatic carbocycles. The van der Waals surface area contributed by atoms with Gasteiger partial charge in [0.05, 0.1) is 23.9 Å². The minimum atomic E-state index is -4.95. The molecule has 1 aromatic heterocycles. The van der Waals surface area contributed by atoms with E-state index in [-0.39, 0.29) is 11.4 Å². The number of alkyl halides is 3. The van der Waals surface area contributed by atoms with Crippen molar-refractivity contribution < 1.29 is 41.6 Å². The molecule has 13 heteroatoms. The van der Waals surface area contributed by atoms with Gasteiger partial charge in [-0.05, 0) is 18.2 Å². The number of hydrogen-bond donors (Lipinski definition) is 1. The fraction of sp³-hybridized carbons (Fsp3) is 0.235. The number of esters is 1. The Balaban J connectivity index is 1.84. The summed E-state index contributed by atoms with van der Waals surface area (Å²) >= 11 is 0. The van der Waals surface area contributed by atoms with E-state index in [1.807, 2.05) is 0 Å². The molecule has 0 radical (unpaired) electrons. The van der Waals surface area contributed by atoms with Crippen LogP contribution >= 0.6 is 0 Å². The van der Waals surface area contributed by atoms with Gasteiger partial charge in [-0.2, -0.15) is 13.2 Å². The molecule has 2 heterocycles. The molecule has 2 amide bonds. The smallest absolute Gasteiger partial charge is 0.433 e. The number of anilines is 2. The zero-order valence-corrected chi connectivity index (χ0v) is 14.8. The quantitative estimate of drug-likeness (QED) is 0.451. The lowest BCUT2D eigenvalue weighted by Gasteiger charge is -2.31. The zero-order chi connectivity index (χ0) is 22.1. The van der Waals surface area contributed by atoms with Gasteiger partial charge < -0.3 is 14.5 Å². The molecule has 1 unspecified atom stereocenters. The second kappa shape index (κ2) is 7.85. The molecule has 10 nitrogen and oxygen atoms in total. The summed E-state index contributed by atoms with van der Waals surface area (Å²) in [4.78, 5) is 46.4. The molecule has 0 saturated carbocycles. The minimum Gasteiger partial charge on any atom is -0.450 e. The van der Waals surface area contributed by atoms with Crippen LogP contribution in [0.3, 0.4) is 0 Å². The third-order valence-electron chi connectivity index (χ3n) is 4.07. The van der Waals surface area contributed by atoms with Crippen LogP contribution in [0.15, 0.2) is 40.8 Å². The number of nitro groups is 1. The Morgan fingerprint density at radius 3 is 2.60 bits per heavy atom. The first-order valence-corrected chi connectivity index (χ1v) is 8.27. The van der Waals surface area contributed by atoms with Crippen LogP contribution in [0, 0.1) is 10.1 Å². The summed E-state index contributed by atoms with van der Waals surface area (Å²) in [5.41, 5.74) is -0.240. The topological polar surface area (TPSA) is 132 Å². The molecule has 0 saturated heterocycles. The average Bonchev–Trinajstić information content (AvgIpc) is 3.11. The normalized spacial score (nSPS) is 16.3. The SMILES string of the molecule is O=C1CC(C(F)(F)F)N(C(=O)COC(=O)c2ccc([N+](=O)[O-])o2)c2ccccc2N1. The van der Waals surface area contributed by atoms with Gasteiger partial charge in [0.1, 0.15) is 11.0 Å². The molecule has 1 aliphatic rings. The first kappa shape index (κ1) is 20.8. The summed E-state index contributed by atoms with van der Waals surface area (Å²) in [6.45, 7) is -1.12. The lowest BCUT2D eigenvalue weighted by Crippen LogP contribution is -2.51. The molecular weight excluding hydrogens is 415 g/mol. The summed E-state index contributed by atoms with van der Waals surface area (Å²) in [5.74, 6) is -4.83. The van der Waals surface area contributed by atoms with Gasteiger partial charge in [-0.15, -0.1) is 0 Å². The standard InChI is InChI=1S/C17H12F3N3O7/c18-17(19,20)12-7-13(24)21-9-3-1-2-4-10(9)22(12)14(25)8-29-16(26)11-5-6-15(30-11)23(27)28/h1-6,12H,7-8H2,(H,21,24). The Morgan fingerprint density at radius 2 is 1.97 bits per heavy atom. The van der Waals surface area contributed by atoms with Gasteiger partial charge >= 0.3 is 18.0 Å². The van der Waals surface area contributed by atoms with Crippen molar-refractivity contribution in [1.29, 1.82) is 0 Å². The molecular formula is C17H12F3N3O7. The molecule has 0 bridgehead atoms. The number of rotatable bonds is 4. The predicted molar refractivity (Wildman–Crippen MR) is 92.7 cm³/mol. The molecule has 1 atom stereocenters.